The summed E-state index contributed by atoms with van der Waals surface area (Å²) in [6.45, 7) is 6.17. The fourth-order valence-corrected chi connectivity index (χ4v) is 5.06. The van der Waals surface area contributed by atoms with E-state index in [1.54, 1.807) is 0 Å². The van der Waals surface area contributed by atoms with Crippen molar-refractivity contribution >= 4 is 22.4 Å². The standard InChI is InChI=1S/C25H28FN3O2/c1-25(2)20-14-17(31-16-7-10-29(11-8-16)12-9-26)4-6-18(20)23(30)22-19-5-3-15(27)13-21(19)28-24(22)25/h3-6,13-14,16,28H,7-12,27H2,1-2H3. The molecule has 2 heterocycles. The third kappa shape index (κ3) is 3.30. The first-order valence-electron chi connectivity index (χ1n) is 10.9. The Balaban J connectivity index is 1.46. The van der Waals surface area contributed by atoms with Gasteiger partial charge in [0.15, 0.2) is 5.78 Å². The maximum atomic E-state index is 13.4. The van der Waals surface area contributed by atoms with Crippen LogP contribution in [0.5, 0.6) is 5.75 Å². The van der Waals surface area contributed by atoms with Gasteiger partial charge < -0.3 is 20.4 Å². The average molecular weight is 422 g/mol. The lowest BCUT2D eigenvalue weighted by Crippen LogP contribution is -2.39. The normalized spacial score (nSPS) is 18.7. The number of anilines is 1. The van der Waals surface area contributed by atoms with Crippen molar-refractivity contribution in [2.24, 2.45) is 0 Å². The number of aromatic amines is 1. The molecule has 2 aromatic carbocycles. The van der Waals surface area contributed by atoms with Gasteiger partial charge in [0, 0.05) is 52.9 Å². The maximum absolute atomic E-state index is 13.4. The topological polar surface area (TPSA) is 71.3 Å². The van der Waals surface area contributed by atoms with Crippen LogP contribution >= 0.6 is 0 Å². The third-order valence-electron chi connectivity index (χ3n) is 6.82. The molecule has 0 saturated carbocycles. The molecule has 3 N–H and O–H groups in total. The molecular formula is C25H28FN3O2. The number of hydrogen-bond donors (Lipinski definition) is 2. The van der Waals surface area contributed by atoms with Crippen molar-refractivity contribution in [1.82, 2.24) is 9.88 Å². The number of carbonyl (C=O) groups is 1. The number of nitrogens with two attached hydrogens (primary N) is 1. The summed E-state index contributed by atoms with van der Waals surface area (Å²) in [5.74, 6) is 0.818. The zero-order chi connectivity index (χ0) is 21.8. The number of aromatic nitrogens is 1. The van der Waals surface area contributed by atoms with Crippen LogP contribution in [-0.4, -0.2) is 48.1 Å². The van der Waals surface area contributed by atoms with E-state index in [2.05, 4.69) is 23.7 Å². The van der Waals surface area contributed by atoms with Crippen LogP contribution < -0.4 is 10.5 Å². The molecule has 0 spiro atoms. The molecule has 0 unspecified atom stereocenters. The molecule has 6 heteroatoms. The van der Waals surface area contributed by atoms with Crippen molar-refractivity contribution < 1.29 is 13.9 Å². The van der Waals surface area contributed by atoms with Crippen LogP contribution in [0, 0.1) is 0 Å². The minimum atomic E-state index is -0.379. The van der Waals surface area contributed by atoms with E-state index in [0.29, 0.717) is 12.2 Å². The summed E-state index contributed by atoms with van der Waals surface area (Å²) in [4.78, 5) is 19.0. The predicted molar refractivity (Wildman–Crippen MR) is 121 cm³/mol. The number of likely N-dealkylation sites (tertiary alicyclic amines) is 1. The number of rotatable bonds is 4. The number of benzene rings is 2. The number of hydrogen-bond acceptors (Lipinski definition) is 4. The van der Waals surface area contributed by atoms with Crippen LogP contribution in [0.4, 0.5) is 10.1 Å². The number of piperidine rings is 1. The molecule has 0 atom stereocenters. The first-order chi connectivity index (χ1) is 14.9. The molecule has 162 valence electrons. The molecule has 1 aromatic heterocycles. The molecule has 2 aliphatic rings. The minimum Gasteiger partial charge on any atom is -0.490 e. The largest absolute Gasteiger partial charge is 0.490 e. The molecule has 1 saturated heterocycles. The van der Waals surface area contributed by atoms with E-state index in [0.717, 1.165) is 65.0 Å². The number of nitrogen functional groups attached to an aromatic ring is 1. The number of fused-ring (bicyclic) bond motifs is 4. The van der Waals surface area contributed by atoms with Crippen molar-refractivity contribution in [3.8, 4) is 5.75 Å². The van der Waals surface area contributed by atoms with E-state index in [-0.39, 0.29) is 24.0 Å². The highest BCUT2D eigenvalue weighted by Crippen LogP contribution is 2.45. The number of alkyl halides is 1. The van der Waals surface area contributed by atoms with Gasteiger partial charge >= 0.3 is 0 Å². The lowest BCUT2D eigenvalue weighted by Gasteiger charge is -2.34. The summed E-state index contributed by atoms with van der Waals surface area (Å²) < 4.78 is 18.9. The van der Waals surface area contributed by atoms with Gasteiger partial charge in [-0.05, 0) is 48.7 Å². The fourth-order valence-electron chi connectivity index (χ4n) is 5.06. The van der Waals surface area contributed by atoms with Crippen molar-refractivity contribution in [2.75, 3.05) is 32.0 Å². The Kier molecular flexibility index (Phi) is 4.77. The molecule has 0 bridgehead atoms. The Bertz CT molecular complexity index is 1160. The second-order valence-corrected chi connectivity index (χ2v) is 9.19. The van der Waals surface area contributed by atoms with Crippen molar-refractivity contribution in [1.29, 1.82) is 0 Å². The molecule has 5 nitrogen and oxygen atoms in total. The SMILES string of the molecule is CC1(C)c2cc(OC3CCN(CCF)CC3)ccc2C(=O)c2c1[nH]c1cc(N)ccc21. The summed E-state index contributed by atoms with van der Waals surface area (Å²) in [6.07, 6.45) is 1.88. The quantitative estimate of drug-likeness (QED) is 0.611. The number of nitrogens with one attached hydrogen (secondary N) is 1. The Morgan fingerprint density at radius 3 is 2.71 bits per heavy atom. The fraction of sp³-hybridized carbons (Fsp3) is 0.400. The Morgan fingerprint density at radius 2 is 1.97 bits per heavy atom. The lowest BCUT2D eigenvalue weighted by atomic mass is 9.71. The number of ether oxygens (including phenoxy) is 1. The number of carbonyl (C=O) groups excluding carboxylic acids is 1. The van der Waals surface area contributed by atoms with Gasteiger partial charge in [0.05, 0.1) is 5.56 Å². The molecule has 31 heavy (non-hydrogen) atoms. The summed E-state index contributed by atoms with van der Waals surface area (Å²) >= 11 is 0. The van der Waals surface area contributed by atoms with Gasteiger partial charge in [-0.25, -0.2) is 4.39 Å². The molecule has 1 aliphatic carbocycles. The van der Waals surface area contributed by atoms with Crippen LogP contribution in [0.2, 0.25) is 0 Å². The second kappa shape index (κ2) is 7.38. The highest BCUT2D eigenvalue weighted by Gasteiger charge is 2.40. The van der Waals surface area contributed by atoms with Gasteiger partial charge in [-0.3, -0.25) is 4.79 Å². The molecule has 0 amide bonds. The summed E-state index contributed by atoms with van der Waals surface area (Å²) in [5.41, 5.74) is 10.5. The van der Waals surface area contributed by atoms with Gasteiger partial charge in [0.1, 0.15) is 18.5 Å². The van der Waals surface area contributed by atoms with Crippen LogP contribution in [0.1, 0.15) is 53.9 Å². The number of ketones is 1. The smallest absolute Gasteiger partial charge is 0.195 e. The molecule has 1 aliphatic heterocycles. The van der Waals surface area contributed by atoms with Crippen LogP contribution in [0.25, 0.3) is 10.9 Å². The lowest BCUT2D eigenvalue weighted by molar-refractivity contribution is 0.0966. The van der Waals surface area contributed by atoms with E-state index < -0.39 is 0 Å². The van der Waals surface area contributed by atoms with Crippen molar-refractivity contribution in [2.45, 2.75) is 38.2 Å². The third-order valence-corrected chi connectivity index (χ3v) is 6.82. The van der Waals surface area contributed by atoms with Gasteiger partial charge in [-0.2, -0.15) is 0 Å². The van der Waals surface area contributed by atoms with Gasteiger partial charge in [-0.1, -0.05) is 19.9 Å². The zero-order valence-corrected chi connectivity index (χ0v) is 18.0. The van der Waals surface area contributed by atoms with Gasteiger partial charge in [0.25, 0.3) is 0 Å². The first kappa shape index (κ1) is 20.1. The average Bonchev–Trinajstić information content (AvgIpc) is 3.14. The molecular weight excluding hydrogens is 393 g/mol. The Hall–Kier alpha value is -2.86. The van der Waals surface area contributed by atoms with Gasteiger partial charge in [0.2, 0.25) is 0 Å². The summed E-state index contributed by atoms with van der Waals surface area (Å²) in [6, 6.07) is 11.5. The van der Waals surface area contributed by atoms with E-state index >= 15 is 0 Å². The molecule has 5 rings (SSSR count). The van der Waals surface area contributed by atoms with E-state index in [1.807, 2.05) is 36.4 Å². The van der Waals surface area contributed by atoms with Crippen LogP contribution in [0.15, 0.2) is 36.4 Å². The van der Waals surface area contributed by atoms with Crippen molar-refractivity contribution in [3.63, 3.8) is 0 Å². The predicted octanol–water partition coefficient (Wildman–Crippen LogP) is 4.43. The number of H-pyrrole nitrogens is 1. The highest BCUT2D eigenvalue weighted by atomic mass is 19.1. The summed E-state index contributed by atoms with van der Waals surface area (Å²) in [7, 11) is 0. The van der Waals surface area contributed by atoms with Gasteiger partial charge in [-0.15, -0.1) is 0 Å². The maximum Gasteiger partial charge on any atom is 0.195 e. The van der Waals surface area contributed by atoms with Crippen LogP contribution in [-0.2, 0) is 5.41 Å². The monoisotopic (exact) mass is 421 g/mol. The zero-order valence-electron chi connectivity index (χ0n) is 18.0. The van der Waals surface area contributed by atoms with E-state index in [4.69, 9.17) is 10.5 Å². The second-order valence-electron chi connectivity index (χ2n) is 9.19. The first-order valence-corrected chi connectivity index (χ1v) is 10.9. The molecule has 0 radical (unpaired) electrons. The van der Waals surface area contributed by atoms with Crippen LogP contribution in [0.3, 0.4) is 0 Å². The van der Waals surface area contributed by atoms with Crippen molar-refractivity contribution in [3.05, 3.63) is 58.8 Å². The van der Waals surface area contributed by atoms with E-state index in [1.165, 1.54) is 0 Å². The Morgan fingerprint density at radius 1 is 1.19 bits per heavy atom. The minimum absolute atomic E-state index is 0.0337. The Labute approximate surface area is 181 Å². The highest BCUT2D eigenvalue weighted by molar-refractivity contribution is 6.20. The number of nitrogens with zero attached hydrogens (tertiary/aromatic N) is 1. The van der Waals surface area contributed by atoms with E-state index in [9.17, 15) is 9.18 Å². The number of halogens is 1. The summed E-state index contributed by atoms with van der Waals surface area (Å²) in [5, 5.41) is 0.910. The molecule has 3 aromatic rings. The molecule has 1 fully saturated rings.